The summed E-state index contributed by atoms with van der Waals surface area (Å²) in [5.74, 6) is 0.0907. The van der Waals surface area contributed by atoms with E-state index in [2.05, 4.69) is 34.6 Å². The molecule has 0 radical (unpaired) electrons. The molecule has 182 valence electrons. The van der Waals surface area contributed by atoms with Crippen molar-refractivity contribution in [2.75, 3.05) is 6.61 Å². The first kappa shape index (κ1) is 23.4. The smallest absolute Gasteiger partial charge is 0.193 e. The number of hydrogen-bond donors (Lipinski definition) is 2. The molecule has 0 spiro atoms. The maximum absolute atomic E-state index is 13.4. The van der Waals surface area contributed by atoms with Crippen LogP contribution in [0.15, 0.2) is 23.8 Å². The molecule has 0 aromatic carbocycles. The molecule has 0 aromatic rings. The van der Waals surface area contributed by atoms with E-state index in [-0.39, 0.29) is 29.3 Å². The van der Waals surface area contributed by atoms with Crippen LogP contribution >= 0.6 is 0 Å². The van der Waals surface area contributed by atoms with Gasteiger partial charge in [0.05, 0.1) is 12.2 Å². The van der Waals surface area contributed by atoms with Crippen LogP contribution in [0.5, 0.6) is 0 Å². The third-order valence-electron chi connectivity index (χ3n) is 10.6. The van der Waals surface area contributed by atoms with Crippen LogP contribution in [0.1, 0.15) is 66.7 Å². The van der Waals surface area contributed by atoms with Crippen molar-refractivity contribution in [1.29, 1.82) is 0 Å². The number of ketones is 2. The van der Waals surface area contributed by atoms with Gasteiger partial charge in [-0.3, -0.25) is 9.59 Å². The minimum Gasteiger partial charge on any atom is -0.392 e. The standard InChI is InChI=1S/C27H38O6/c1-6-7-23-32-22-12-18-19-10-15(2)17-11-16(29)8-9-24(17,3)26(19,5)20(30)13-25(18,4)27(22,33-23)21(31)14-28/h8-9,11,15,18-20,22-23,28,30H,6-7,10,12-14H2,1-5H3/t15-,18-,19-,20-,22+,23?,24-,25-,26+,27+/m0/s1. The fraction of sp³-hybridized carbons (Fsp3) is 0.778. The normalized spacial score (nSPS) is 52.6. The second-order valence-corrected chi connectivity index (χ2v) is 11.8. The quantitative estimate of drug-likeness (QED) is 0.671. The summed E-state index contributed by atoms with van der Waals surface area (Å²) in [5.41, 5.74) is -1.70. The van der Waals surface area contributed by atoms with E-state index in [1.54, 1.807) is 12.2 Å². The Balaban J connectivity index is 1.62. The van der Waals surface area contributed by atoms with Gasteiger partial charge in [0.1, 0.15) is 6.61 Å². The highest BCUT2D eigenvalue weighted by molar-refractivity contribution is 6.01. The molecule has 10 atom stereocenters. The second kappa shape index (κ2) is 7.33. The number of hydrogen-bond acceptors (Lipinski definition) is 6. The van der Waals surface area contributed by atoms with Crippen LogP contribution in [0.25, 0.3) is 0 Å². The summed E-state index contributed by atoms with van der Waals surface area (Å²) < 4.78 is 12.8. The Kier molecular flexibility index (Phi) is 5.20. The Morgan fingerprint density at radius 2 is 1.94 bits per heavy atom. The van der Waals surface area contributed by atoms with Crippen molar-refractivity contribution in [1.82, 2.24) is 0 Å². The van der Waals surface area contributed by atoms with Crippen molar-refractivity contribution in [2.45, 2.75) is 90.8 Å². The molecular weight excluding hydrogens is 420 g/mol. The van der Waals surface area contributed by atoms with Gasteiger partial charge in [-0.2, -0.15) is 0 Å². The zero-order chi connectivity index (χ0) is 24.0. The summed E-state index contributed by atoms with van der Waals surface area (Å²) >= 11 is 0. The number of allylic oxidation sites excluding steroid dienone is 4. The van der Waals surface area contributed by atoms with Gasteiger partial charge in [0.25, 0.3) is 0 Å². The Morgan fingerprint density at radius 3 is 2.61 bits per heavy atom. The zero-order valence-corrected chi connectivity index (χ0v) is 20.5. The molecule has 5 aliphatic rings. The van der Waals surface area contributed by atoms with E-state index in [0.29, 0.717) is 19.3 Å². The van der Waals surface area contributed by atoms with Crippen molar-refractivity contribution in [2.24, 2.45) is 34.0 Å². The summed E-state index contributed by atoms with van der Waals surface area (Å²) in [6.07, 6.45) is 7.35. The molecule has 3 saturated carbocycles. The molecule has 1 heterocycles. The third kappa shape index (κ3) is 2.64. The lowest BCUT2D eigenvalue weighted by molar-refractivity contribution is -0.225. The Labute approximate surface area is 196 Å². The van der Waals surface area contributed by atoms with Gasteiger partial charge in [0.2, 0.25) is 0 Å². The highest BCUT2D eigenvalue weighted by Crippen LogP contribution is 2.74. The second-order valence-electron chi connectivity index (χ2n) is 11.8. The maximum atomic E-state index is 13.4. The monoisotopic (exact) mass is 458 g/mol. The van der Waals surface area contributed by atoms with Crippen LogP contribution in [0.2, 0.25) is 0 Å². The van der Waals surface area contributed by atoms with Gasteiger partial charge in [-0.05, 0) is 55.6 Å². The van der Waals surface area contributed by atoms with E-state index < -0.39 is 47.0 Å². The predicted octanol–water partition coefficient (Wildman–Crippen LogP) is 3.35. The molecule has 4 fully saturated rings. The van der Waals surface area contributed by atoms with Crippen LogP contribution in [-0.4, -0.2) is 52.5 Å². The Hall–Kier alpha value is -1.34. The van der Waals surface area contributed by atoms with Crippen molar-refractivity contribution in [3.8, 4) is 0 Å². The van der Waals surface area contributed by atoms with Crippen molar-refractivity contribution in [3.05, 3.63) is 23.8 Å². The average Bonchev–Trinajstić information content (AvgIpc) is 3.24. The van der Waals surface area contributed by atoms with E-state index in [9.17, 15) is 19.8 Å². The largest absolute Gasteiger partial charge is 0.392 e. The zero-order valence-electron chi connectivity index (χ0n) is 20.5. The minimum absolute atomic E-state index is 0.0122. The van der Waals surface area contributed by atoms with Crippen LogP contribution in [0.3, 0.4) is 0 Å². The van der Waals surface area contributed by atoms with Gasteiger partial charge in [0, 0.05) is 16.2 Å². The van der Waals surface area contributed by atoms with Gasteiger partial charge < -0.3 is 19.7 Å². The molecular formula is C27H38O6. The van der Waals surface area contributed by atoms with E-state index in [1.165, 1.54) is 0 Å². The molecule has 1 unspecified atom stereocenters. The first-order valence-corrected chi connectivity index (χ1v) is 12.6. The van der Waals surface area contributed by atoms with Gasteiger partial charge in [-0.15, -0.1) is 0 Å². The Morgan fingerprint density at radius 1 is 1.21 bits per heavy atom. The molecule has 1 saturated heterocycles. The number of fused-ring (bicyclic) bond motifs is 7. The van der Waals surface area contributed by atoms with Crippen molar-refractivity contribution in [3.63, 3.8) is 0 Å². The number of ether oxygens (including phenoxy) is 2. The molecule has 0 aromatic heterocycles. The molecule has 33 heavy (non-hydrogen) atoms. The number of carbonyl (C=O) groups excluding carboxylic acids is 2. The van der Waals surface area contributed by atoms with Gasteiger partial charge >= 0.3 is 0 Å². The van der Waals surface area contributed by atoms with E-state index in [4.69, 9.17) is 9.47 Å². The van der Waals surface area contributed by atoms with Crippen LogP contribution < -0.4 is 0 Å². The van der Waals surface area contributed by atoms with Crippen molar-refractivity contribution >= 4 is 11.6 Å². The molecule has 6 heteroatoms. The van der Waals surface area contributed by atoms with Crippen LogP contribution in [-0.2, 0) is 19.1 Å². The average molecular weight is 459 g/mol. The fourth-order valence-electron chi connectivity index (χ4n) is 8.80. The number of aliphatic hydroxyl groups is 2. The molecule has 5 rings (SSSR count). The molecule has 2 N–H and O–H groups in total. The molecule has 4 aliphatic carbocycles. The van der Waals surface area contributed by atoms with Crippen molar-refractivity contribution < 1.29 is 29.3 Å². The molecule has 6 nitrogen and oxygen atoms in total. The predicted molar refractivity (Wildman–Crippen MR) is 122 cm³/mol. The van der Waals surface area contributed by atoms with Crippen LogP contribution in [0, 0.1) is 34.0 Å². The van der Waals surface area contributed by atoms with E-state index in [0.717, 1.165) is 18.4 Å². The number of Topliss-reactive ketones (excluding diaryl/α,β-unsaturated/α-hetero) is 1. The highest BCUT2D eigenvalue weighted by atomic mass is 16.7. The lowest BCUT2D eigenvalue weighted by Crippen LogP contribution is -2.67. The summed E-state index contributed by atoms with van der Waals surface area (Å²) in [6.45, 7) is 10.0. The molecule has 1 aliphatic heterocycles. The first-order valence-electron chi connectivity index (χ1n) is 12.6. The van der Waals surface area contributed by atoms with E-state index >= 15 is 0 Å². The lowest BCUT2D eigenvalue weighted by atomic mass is 9.38. The van der Waals surface area contributed by atoms with Gasteiger partial charge in [0.15, 0.2) is 23.5 Å². The summed E-state index contributed by atoms with van der Waals surface area (Å²) in [4.78, 5) is 25.6. The number of rotatable bonds is 4. The number of aliphatic hydroxyl groups excluding tert-OH is 2. The van der Waals surface area contributed by atoms with Crippen LogP contribution in [0.4, 0.5) is 0 Å². The summed E-state index contributed by atoms with van der Waals surface area (Å²) in [5, 5.41) is 21.8. The Bertz CT molecular complexity index is 939. The first-order chi connectivity index (χ1) is 15.5. The number of carbonyl (C=O) groups is 2. The summed E-state index contributed by atoms with van der Waals surface area (Å²) in [7, 11) is 0. The minimum atomic E-state index is -1.23. The highest BCUT2D eigenvalue weighted by Gasteiger charge is 2.78. The third-order valence-corrected chi connectivity index (χ3v) is 10.6. The molecule has 0 bridgehead atoms. The fourth-order valence-corrected chi connectivity index (χ4v) is 8.80. The van der Waals surface area contributed by atoms with Gasteiger partial charge in [-0.1, -0.05) is 52.7 Å². The SMILES string of the molecule is CCCC1O[C@@H]2C[C@H]3[C@@H]4C[C@H](C)C5=CC(=O)C=C[C@]5(C)[C@@]4(C)[C@@H](O)C[C@]3(C)[C@]2(C(=O)CO)O1. The maximum Gasteiger partial charge on any atom is 0.193 e. The lowest BCUT2D eigenvalue weighted by Gasteiger charge is -2.66. The van der Waals surface area contributed by atoms with E-state index in [1.807, 2.05) is 6.08 Å². The van der Waals surface area contributed by atoms with Gasteiger partial charge in [-0.25, -0.2) is 0 Å². The molecule has 0 amide bonds. The topological polar surface area (TPSA) is 93.1 Å². The summed E-state index contributed by atoms with van der Waals surface area (Å²) in [6, 6.07) is 0.